The highest BCUT2D eigenvalue weighted by Crippen LogP contribution is 2.35. The predicted molar refractivity (Wildman–Crippen MR) is 78.0 cm³/mol. The average Bonchev–Trinajstić information content (AvgIpc) is 2.42. The summed E-state index contributed by atoms with van der Waals surface area (Å²) in [6.45, 7) is 2.84. The van der Waals surface area contributed by atoms with Gasteiger partial charge in [-0.15, -0.1) is 0 Å². The van der Waals surface area contributed by atoms with Crippen LogP contribution >= 0.6 is 0 Å². The van der Waals surface area contributed by atoms with Crippen molar-refractivity contribution in [1.29, 1.82) is 0 Å². The second kappa shape index (κ2) is 9.32. The van der Waals surface area contributed by atoms with Crippen molar-refractivity contribution in [3.63, 3.8) is 0 Å². The van der Waals surface area contributed by atoms with Crippen molar-refractivity contribution in [3.05, 3.63) is 0 Å². The number of carboxylic acid groups (broad SMARTS) is 1. The number of rotatable bonds is 10. The van der Waals surface area contributed by atoms with E-state index >= 15 is 0 Å². The normalized spacial score (nSPS) is 18.4. The third-order valence-corrected chi connectivity index (χ3v) is 4.29. The van der Waals surface area contributed by atoms with Crippen molar-refractivity contribution in [2.45, 2.75) is 50.5 Å². The molecule has 1 rings (SSSR count). The summed E-state index contributed by atoms with van der Waals surface area (Å²) < 4.78 is 10.4. The predicted octanol–water partition coefficient (Wildman–Crippen LogP) is 2.15. The molecule has 20 heavy (non-hydrogen) atoms. The maximum atomic E-state index is 11.2. The van der Waals surface area contributed by atoms with E-state index in [0.717, 1.165) is 38.6 Å². The molecule has 0 aromatic heterocycles. The van der Waals surface area contributed by atoms with E-state index in [1.165, 1.54) is 6.42 Å². The van der Waals surface area contributed by atoms with Crippen LogP contribution in [-0.4, -0.2) is 62.0 Å². The summed E-state index contributed by atoms with van der Waals surface area (Å²) in [7, 11) is 3.72. The van der Waals surface area contributed by atoms with E-state index in [0.29, 0.717) is 19.8 Å². The lowest BCUT2D eigenvalue weighted by Gasteiger charge is -2.44. The Kier molecular flexibility index (Phi) is 8.11. The van der Waals surface area contributed by atoms with Gasteiger partial charge in [-0.1, -0.05) is 19.3 Å². The van der Waals surface area contributed by atoms with Gasteiger partial charge in [0.15, 0.2) is 0 Å². The first-order valence-corrected chi connectivity index (χ1v) is 7.60. The van der Waals surface area contributed by atoms with Crippen LogP contribution in [0.2, 0.25) is 0 Å². The summed E-state index contributed by atoms with van der Waals surface area (Å²) in [6.07, 6.45) is 6.70. The van der Waals surface area contributed by atoms with Gasteiger partial charge in [-0.2, -0.15) is 0 Å². The zero-order valence-corrected chi connectivity index (χ0v) is 12.9. The number of hydrogen-bond acceptors (Lipinski definition) is 4. The van der Waals surface area contributed by atoms with E-state index in [2.05, 4.69) is 11.9 Å². The SMILES string of the molecule is COCCOCCCN(C)C1(CC(=O)O)CCCCC1. The second-order valence-electron chi connectivity index (χ2n) is 5.74. The van der Waals surface area contributed by atoms with Crippen molar-refractivity contribution in [2.24, 2.45) is 0 Å². The molecule has 5 nitrogen and oxygen atoms in total. The zero-order valence-electron chi connectivity index (χ0n) is 12.9. The standard InChI is InChI=1S/C15H29NO4/c1-16(9-6-10-20-12-11-19-2)15(13-14(17)18)7-4-3-5-8-15/h3-13H2,1-2H3,(H,17,18). The summed E-state index contributed by atoms with van der Waals surface area (Å²) in [5.74, 6) is -0.685. The number of aliphatic carboxylic acids is 1. The Hall–Kier alpha value is -0.650. The molecular weight excluding hydrogens is 258 g/mol. The molecule has 0 aromatic carbocycles. The van der Waals surface area contributed by atoms with E-state index in [1.54, 1.807) is 7.11 Å². The van der Waals surface area contributed by atoms with Gasteiger partial charge in [-0.05, 0) is 26.3 Å². The van der Waals surface area contributed by atoms with Crippen LogP contribution in [0.3, 0.4) is 0 Å². The third kappa shape index (κ3) is 5.77. The lowest BCUT2D eigenvalue weighted by molar-refractivity contribution is -0.141. The Morgan fingerprint density at radius 1 is 1.20 bits per heavy atom. The minimum absolute atomic E-state index is 0.142. The van der Waals surface area contributed by atoms with Crippen molar-refractivity contribution >= 4 is 5.97 Å². The molecule has 1 saturated carbocycles. The molecule has 0 amide bonds. The number of ether oxygens (including phenoxy) is 2. The average molecular weight is 287 g/mol. The number of carboxylic acids is 1. The summed E-state index contributed by atoms with van der Waals surface area (Å²) in [5, 5.41) is 9.18. The van der Waals surface area contributed by atoms with E-state index in [1.807, 2.05) is 0 Å². The van der Waals surface area contributed by atoms with E-state index < -0.39 is 5.97 Å². The molecule has 1 N–H and O–H groups in total. The van der Waals surface area contributed by atoms with Gasteiger partial charge in [-0.25, -0.2) is 0 Å². The van der Waals surface area contributed by atoms with Gasteiger partial charge in [0.1, 0.15) is 0 Å². The van der Waals surface area contributed by atoms with Gasteiger partial charge in [0.2, 0.25) is 0 Å². The van der Waals surface area contributed by atoms with Crippen molar-refractivity contribution in [1.82, 2.24) is 4.90 Å². The molecule has 5 heteroatoms. The van der Waals surface area contributed by atoms with Gasteiger partial charge in [0, 0.05) is 25.8 Å². The first kappa shape index (κ1) is 17.4. The first-order valence-electron chi connectivity index (χ1n) is 7.60. The minimum atomic E-state index is -0.685. The number of hydrogen-bond donors (Lipinski definition) is 1. The fraction of sp³-hybridized carbons (Fsp3) is 0.933. The molecule has 0 heterocycles. The third-order valence-electron chi connectivity index (χ3n) is 4.29. The Morgan fingerprint density at radius 2 is 1.90 bits per heavy atom. The van der Waals surface area contributed by atoms with Crippen LogP contribution in [0, 0.1) is 0 Å². The lowest BCUT2D eigenvalue weighted by atomic mass is 9.78. The smallest absolute Gasteiger partial charge is 0.305 e. The highest BCUT2D eigenvalue weighted by Gasteiger charge is 2.37. The van der Waals surface area contributed by atoms with Crippen LogP contribution in [0.25, 0.3) is 0 Å². The van der Waals surface area contributed by atoms with E-state index in [9.17, 15) is 9.90 Å². The van der Waals surface area contributed by atoms with E-state index in [4.69, 9.17) is 9.47 Å². The first-order chi connectivity index (χ1) is 9.60. The van der Waals surface area contributed by atoms with E-state index in [-0.39, 0.29) is 12.0 Å². The van der Waals surface area contributed by atoms with Crippen LogP contribution in [-0.2, 0) is 14.3 Å². The summed E-state index contributed by atoms with van der Waals surface area (Å²) >= 11 is 0. The largest absolute Gasteiger partial charge is 0.481 e. The van der Waals surface area contributed by atoms with Crippen LogP contribution in [0.5, 0.6) is 0 Å². The molecule has 0 unspecified atom stereocenters. The lowest BCUT2D eigenvalue weighted by Crippen LogP contribution is -2.49. The van der Waals surface area contributed by atoms with Crippen LogP contribution in [0.15, 0.2) is 0 Å². The molecule has 0 spiro atoms. The Morgan fingerprint density at radius 3 is 2.50 bits per heavy atom. The van der Waals surface area contributed by atoms with Gasteiger partial charge in [0.05, 0.1) is 19.6 Å². The molecule has 0 bridgehead atoms. The Balaban J connectivity index is 2.35. The van der Waals surface area contributed by atoms with Gasteiger partial charge in [0.25, 0.3) is 0 Å². The molecule has 1 aliphatic rings. The summed E-state index contributed by atoms with van der Waals surface area (Å²) in [6, 6.07) is 0. The van der Waals surface area contributed by atoms with Crippen molar-refractivity contribution < 1.29 is 19.4 Å². The quantitative estimate of drug-likeness (QED) is 0.624. The minimum Gasteiger partial charge on any atom is -0.481 e. The molecule has 1 fully saturated rings. The number of methoxy groups -OCH3 is 1. The van der Waals surface area contributed by atoms with Crippen molar-refractivity contribution in [2.75, 3.05) is 40.5 Å². The molecular formula is C15H29NO4. The molecule has 0 radical (unpaired) electrons. The highest BCUT2D eigenvalue weighted by molar-refractivity contribution is 5.68. The molecule has 0 atom stereocenters. The maximum Gasteiger partial charge on any atom is 0.305 e. The molecule has 0 aromatic rings. The number of nitrogens with zero attached hydrogens (tertiary/aromatic N) is 1. The zero-order chi connectivity index (χ0) is 14.8. The topological polar surface area (TPSA) is 59.0 Å². The summed E-state index contributed by atoms with van der Waals surface area (Å²) in [4.78, 5) is 13.4. The fourth-order valence-corrected chi connectivity index (χ4v) is 3.07. The van der Waals surface area contributed by atoms with Crippen LogP contribution in [0.4, 0.5) is 0 Å². The molecule has 118 valence electrons. The van der Waals surface area contributed by atoms with Gasteiger partial charge < -0.3 is 19.5 Å². The summed E-state index contributed by atoms with van der Waals surface area (Å²) in [5.41, 5.74) is -0.142. The molecule has 0 aliphatic heterocycles. The van der Waals surface area contributed by atoms with Gasteiger partial charge in [-0.3, -0.25) is 4.79 Å². The monoisotopic (exact) mass is 287 g/mol. The number of carbonyl (C=O) groups is 1. The second-order valence-corrected chi connectivity index (χ2v) is 5.74. The fourth-order valence-electron chi connectivity index (χ4n) is 3.07. The Bertz CT molecular complexity index is 277. The van der Waals surface area contributed by atoms with Gasteiger partial charge >= 0.3 is 5.97 Å². The van der Waals surface area contributed by atoms with Crippen LogP contribution < -0.4 is 0 Å². The highest BCUT2D eigenvalue weighted by atomic mass is 16.5. The van der Waals surface area contributed by atoms with Crippen molar-refractivity contribution in [3.8, 4) is 0 Å². The molecule has 0 saturated heterocycles. The Labute approximate surface area is 122 Å². The van der Waals surface area contributed by atoms with Crippen LogP contribution in [0.1, 0.15) is 44.9 Å². The molecule has 1 aliphatic carbocycles. The maximum absolute atomic E-state index is 11.2.